The number of carbonyl (C=O) groups excluding carboxylic acids is 1. The Labute approximate surface area is 135 Å². The summed E-state index contributed by atoms with van der Waals surface area (Å²) in [4.78, 5) is 16.2. The normalized spacial score (nSPS) is 11.0. The van der Waals surface area contributed by atoms with Gasteiger partial charge in [0, 0.05) is 6.92 Å². The van der Waals surface area contributed by atoms with Crippen LogP contribution in [0.5, 0.6) is 11.5 Å². The Morgan fingerprint density at radius 1 is 1.00 bits per heavy atom. The maximum absolute atomic E-state index is 11.3. The average Bonchev–Trinajstić information content (AvgIpc) is 2.50. The molecule has 0 atom stereocenters. The Kier molecular flexibility index (Phi) is 5.36. The summed E-state index contributed by atoms with van der Waals surface area (Å²) in [5, 5.41) is 3.94. The van der Waals surface area contributed by atoms with Gasteiger partial charge in [-0.15, -0.1) is 0 Å². The van der Waals surface area contributed by atoms with Gasteiger partial charge in [-0.05, 0) is 42.8 Å². The molecule has 0 radical (unpaired) electrons. The summed E-state index contributed by atoms with van der Waals surface area (Å²) in [5.41, 5.74) is 2.48. The number of esters is 1. The van der Waals surface area contributed by atoms with Gasteiger partial charge in [-0.2, -0.15) is 0 Å². The zero-order valence-electron chi connectivity index (χ0n) is 13.6. The topological polar surface area (TPSA) is 57.1 Å². The van der Waals surface area contributed by atoms with Crippen LogP contribution in [0.15, 0.2) is 47.6 Å². The van der Waals surface area contributed by atoms with Crippen molar-refractivity contribution in [3.05, 3.63) is 59.2 Å². The van der Waals surface area contributed by atoms with E-state index in [4.69, 9.17) is 14.3 Å². The first-order valence-corrected chi connectivity index (χ1v) is 7.15. The summed E-state index contributed by atoms with van der Waals surface area (Å²) in [6.45, 7) is 5.21. The van der Waals surface area contributed by atoms with Gasteiger partial charge in [0.15, 0.2) is 0 Å². The lowest BCUT2D eigenvalue weighted by Gasteiger charge is -2.14. The molecular formula is C18H19NO4. The van der Waals surface area contributed by atoms with E-state index < -0.39 is 5.97 Å². The zero-order valence-corrected chi connectivity index (χ0v) is 13.6. The van der Waals surface area contributed by atoms with E-state index in [0.717, 1.165) is 11.1 Å². The van der Waals surface area contributed by atoms with E-state index >= 15 is 0 Å². The Morgan fingerprint density at radius 2 is 1.74 bits per heavy atom. The number of ether oxygens (including phenoxy) is 2. The van der Waals surface area contributed by atoms with E-state index in [1.54, 1.807) is 6.07 Å². The Hall–Kier alpha value is -2.82. The van der Waals surface area contributed by atoms with Crippen LogP contribution >= 0.6 is 0 Å². The Balaban J connectivity index is 2.46. The van der Waals surface area contributed by atoms with Crippen LogP contribution in [-0.4, -0.2) is 19.0 Å². The molecule has 0 bridgehead atoms. The summed E-state index contributed by atoms with van der Waals surface area (Å²) in [7, 11) is 1.43. The fourth-order valence-electron chi connectivity index (χ4n) is 2.04. The lowest BCUT2D eigenvalue weighted by atomic mass is 10.1. The van der Waals surface area contributed by atoms with Gasteiger partial charge in [0.2, 0.25) is 0 Å². The Bertz CT molecular complexity index is 738. The van der Waals surface area contributed by atoms with Crippen molar-refractivity contribution in [1.29, 1.82) is 0 Å². The number of carbonyl (C=O) groups is 1. The van der Waals surface area contributed by atoms with Gasteiger partial charge in [0.05, 0.1) is 5.56 Å². The molecule has 0 heterocycles. The largest absolute Gasteiger partial charge is 0.436 e. The number of aryl methyl sites for hydroxylation is 2. The lowest BCUT2D eigenvalue weighted by Crippen LogP contribution is -2.15. The zero-order chi connectivity index (χ0) is 16.8. The number of rotatable bonds is 4. The van der Waals surface area contributed by atoms with Crippen molar-refractivity contribution in [3.8, 4) is 11.5 Å². The molecule has 0 amide bonds. The molecular weight excluding hydrogens is 294 g/mol. The molecule has 0 saturated heterocycles. The molecule has 0 N–H and O–H groups in total. The maximum atomic E-state index is 11.3. The van der Waals surface area contributed by atoms with Crippen LogP contribution in [0.1, 0.15) is 23.6 Å². The van der Waals surface area contributed by atoms with Crippen molar-refractivity contribution in [2.75, 3.05) is 7.11 Å². The summed E-state index contributed by atoms with van der Waals surface area (Å²) in [6, 6.07) is 12.9. The first-order chi connectivity index (χ1) is 11.0. The molecule has 0 aliphatic heterocycles. The van der Waals surface area contributed by atoms with Crippen molar-refractivity contribution < 1.29 is 19.1 Å². The van der Waals surface area contributed by atoms with Crippen molar-refractivity contribution >= 4 is 11.9 Å². The minimum Gasteiger partial charge on any atom is -0.436 e. The van der Waals surface area contributed by atoms with Crippen molar-refractivity contribution in [1.82, 2.24) is 0 Å². The standard InChI is InChI=1S/C18H19NO4/c1-12-9-10-17(22-14(3)20)15(11-12)18(19-21-4)23-16-8-6-5-7-13(16)2/h5-11H,1-4H3. The highest BCUT2D eigenvalue weighted by Crippen LogP contribution is 2.25. The number of hydrogen-bond acceptors (Lipinski definition) is 5. The van der Waals surface area contributed by atoms with Gasteiger partial charge in [-0.25, -0.2) is 0 Å². The fourth-order valence-corrected chi connectivity index (χ4v) is 2.04. The van der Waals surface area contributed by atoms with Crippen molar-refractivity contribution in [3.63, 3.8) is 0 Å². The summed E-state index contributed by atoms with van der Waals surface area (Å²) in [5.74, 6) is 0.829. The van der Waals surface area contributed by atoms with Crippen LogP contribution in [0.4, 0.5) is 0 Å². The van der Waals surface area contributed by atoms with Crippen LogP contribution in [0.2, 0.25) is 0 Å². The minimum absolute atomic E-state index is 0.224. The first kappa shape index (κ1) is 16.5. The molecule has 0 aliphatic rings. The molecule has 0 saturated carbocycles. The second kappa shape index (κ2) is 7.45. The third kappa shape index (κ3) is 4.32. The van der Waals surface area contributed by atoms with Gasteiger partial charge in [0.25, 0.3) is 5.90 Å². The highest BCUT2D eigenvalue weighted by molar-refractivity contribution is 5.98. The fraction of sp³-hybridized carbons (Fsp3) is 0.222. The van der Waals surface area contributed by atoms with Gasteiger partial charge in [0.1, 0.15) is 18.6 Å². The Morgan fingerprint density at radius 3 is 2.39 bits per heavy atom. The molecule has 0 aliphatic carbocycles. The van der Waals surface area contributed by atoms with E-state index in [0.29, 0.717) is 17.1 Å². The number of nitrogens with zero attached hydrogens (tertiary/aromatic N) is 1. The molecule has 0 spiro atoms. The molecule has 2 aromatic carbocycles. The minimum atomic E-state index is -0.414. The quantitative estimate of drug-likeness (QED) is 0.284. The molecule has 5 heteroatoms. The summed E-state index contributed by atoms with van der Waals surface area (Å²) in [6.07, 6.45) is 0. The second-order valence-corrected chi connectivity index (χ2v) is 5.04. The van der Waals surface area contributed by atoms with Crippen LogP contribution < -0.4 is 9.47 Å². The lowest BCUT2D eigenvalue weighted by molar-refractivity contribution is -0.131. The number of para-hydroxylation sites is 1. The highest BCUT2D eigenvalue weighted by atomic mass is 16.6. The van der Waals surface area contributed by atoms with Crippen molar-refractivity contribution in [2.24, 2.45) is 5.16 Å². The van der Waals surface area contributed by atoms with E-state index in [9.17, 15) is 4.79 Å². The third-order valence-electron chi connectivity index (χ3n) is 3.09. The molecule has 2 aromatic rings. The summed E-state index contributed by atoms with van der Waals surface area (Å²) < 4.78 is 11.1. The van der Waals surface area contributed by atoms with Gasteiger partial charge in [-0.1, -0.05) is 29.8 Å². The predicted molar refractivity (Wildman–Crippen MR) is 87.8 cm³/mol. The van der Waals surface area contributed by atoms with Gasteiger partial charge < -0.3 is 14.3 Å². The average molecular weight is 313 g/mol. The monoisotopic (exact) mass is 313 g/mol. The van der Waals surface area contributed by atoms with E-state index in [1.165, 1.54) is 14.0 Å². The van der Waals surface area contributed by atoms with Gasteiger partial charge >= 0.3 is 5.97 Å². The maximum Gasteiger partial charge on any atom is 0.308 e. The second-order valence-electron chi connectivity index (χ2n) is 5.04. The van der Waals surface area contributed by atoms with Crippen LogP contribution in [-0.2, 0) is 9.63 Å². The first-order valence-electron chi connectivity index (χ1n) is 7.15. The molecule has 0 unspecified atom stereocenters. The van der Waals surface area contributed by atoms with E-state index in [1.807, 2.05) is 50.2 Å². The molecule has 23 heavy (non-hydrogen) atoms. The van der Waals surface area contributed by atoms with Gasteiger partial charge in [-0.3, -0.25) is 4.79 Å². The SMILES string of the molecule is CON=C(Oc1ccccc1C)c1cc(C)ccc1OC(C)=O. The van der Waals surface area contributed by atoms with Crippen LogP contribution in [0.3, 0.4) is 0 Å². The number of hydrogen-bond donors (Lipinski definition) is 0. The van der Waals surface area contributed by atoms with Crippen LogP contribution in [0.25, 0.3) is 0 Å². The van der Waals surface area contributed by atoms with E-state index in [-0.39, 0.29) is 5.90 Å². The third-order valence-corrected chi connectivity index (χ3v) is 3.09. The highest BCUT2D eigenvalue weighted by Gasteiger charge is 2.17. The molecule has 120 valence electrons. The number of benzene rings is 2. The van der Waals surface area contributed by atoms with Crippen LogP contribution in [0, 0.1) is 13.8 Å². The molecule has 0 aromatic heterocycles. The molecule has 5 nitrogen and oxygen atoms in total. The predicted octanol–water partition coefficient (Wildman–Crippen LogP) is 3.62. The molecule has 0 fully saturated rings. The summed E-state index contributed by atoms with van der Waals surface area (Å²) >= 11 is 0. The molecule has 2 rings (SSSR count). The van der Waals surface area contributed by atoms with E-state index in [2.05, 4.69) is 5.16 Å². The van der Waals surface area contributed by atoms with Crippen molar-refractivity contribution in [2.45, 2.75) is 20.8 Å². The number of oxime groups is 1. The smallest absolute Gasteiger partial charge is 0.308 e.